The molecule has 0 aliphatic carbocycles. The Morgan fingerprint density at radius 2 is 1.94 bits per heavy atom. The van der Waals surface area contributed by atoms with E-state index in [1.807, 2.05) is 7.05 Å². The van der Waals surface area contributed by atoms with Crippen LogP contribution in [0.25, 0.3) is 0 Å². The Hall–Kier alpha value is -0.890. The first-order valence-corrected chi connectivity index (χ1v) is 7.08. The predicted octanol–water partition coefficient (Wildman–Crippen LogP) is 3.85. The summed E-state index contributed by atoms with van der Waals surface area (Å²) in [5, 5.41) is 3.21. The zero-order chi connectivity index (χ0) is 14.0. The van der Waals surface area contributed by atoms with Crippen LogP contribution in [0.5, 0.6) is 0 Å². The van der Waals surface area contributed by atoms with Crippen LogP contribution in [0.1, 0.15) is 41.0 Å². The fourth-order valence-corrected chi connectivity index (χ4v) is 2.03. The molecule has 0 aliphatic rings. The second kappa shape index (κ2) is 10.1. The Morgan fingerprint density at radius 1 is 1.28 bits per heavy atom. The Balaban J connectivity index is 4.64. The van der Waals surface area contributed by atoms with Crippen LogP contribution in [0.3, 0.4) is 0 Å². The maximum absolute atomic E-state index is 4.61. The standard InChI is InChI=1S/C16H30N2/c1-7-15(13(3)4)16(18-8-2)11-9-10-14(5)12-17-6/h7,9,11,13-14,17H,8,10,12H2,1-6H3/b11-9-,15-7-,18-16?. The number of nitrogens with one attached hydrogen (secondary N) is 1. The molecule has 0 rings (SSSR count). The van der Waals surface area contributed by atoms with Gasteiger partial charge in [0.1, 0.15) is 0 Å². The van der Waals surface area contributed by atoms with Crippen molar-refractivity contribution < 1.29 is 0 Å². The van der Waals surface area contributed by atoms with Gasteiger partial charge in [-0.3, -0.25) is 4.99 Å². The number of nitrogens with zero attached hydrogens (tertiary/aromatic N) is 1. The minimum absolute atomic E-state index is 0.527. The number of hydrogen-bond donors (Lipinski definition) is 1. The van der Waals surface area contributed by atoms with Crippen LogP contribution in [0.2, 0.25) is 0 Å². The Morgan fingerprint density at radius 3 is 2.39 bits per heavy atom. The molecule has 1 N–H and O–H groups in total. The van der Waals surface area contributed by atoms with E-state index in [1.165, 1.54) is 5.57 Å². The number of allylic oxidation sites excluding steroid dienone is 4. The van der Waals surface area contributed by atoms with Crippen LogP contribution in [0, 0.1) is 11.8 Å². The third-order valence-corrected chi connectivity index (χ3v) is 2.92. The summed E-state index contributed by atoms with van der Waals surface area (Å²) in [6.45, 7) is 12.8. The van der Waals surface area contributed by atoms with Crippen LogP contribution < -0.4 is 5.32 Å². The summed E-state index contributed by atoms with van der Waals surface area (Å²) in [5.41, 5.74) is 2.49. The molecular weight excluding hydrogens is 220 g/mol. The van der Waals surface area contributed by atoms with Gasteiger partial charge in [-0.25, -0.2) is 0 Å². The molecule has 0 amide bonds. The van der Waals surface area contributed by atoms with Crippen molar-refractivity contribution in [1.82, 2.24) is 5.32 Å². The van der Waals surface area contributed by atoms with Gasteiger partial charge in [0.15, 0.2) is 0 Å². The lowest BCUT2D eigenvalue weighted by atomic mass is 9.97. The van der Waals surface area contributed by atoms with E-state index in [1.54, 1.807) is 0 Å². The summed E-state index contributed by atoms with van der Waals surface area (Å²) in [7, 11) is 2.00. The predicted molar refractivity (Wildman–Crippen MR) is 83.4 cm³/mol. The molecule has 0 heterocycles. The lowest BCUT2D eigenvalue weighted by molar-refractivity contribution is 0.551. The minimum Gasteiger partial charge on any atom is -0.319 e. The highest BCUT2D eigenvalue weighted by molar-refractivity contribution is 6.08. The van der Waals surface area contributed by atoms with Crippen molar-refractivity contribution in [3.63, 3.8) is 0 Å². The van der Waals surface area contributed by atoms with Gasteiger partial charge in [-0.15, -0.1) is 0 Å². The molecule has 0 spiro atoms. The quantitative estimate of drug-likeness (QED) is 0.650. The average Bonchev–Trinajstić information content (AvgIpc) is 2.29. The van der Waals surface area contributed by atoms with Crippen molar-refractivity contribution >= 4 is 5.71 Å². The summed E-state index contributed by atoms with van der Waals surface area (Å²) >= 11 is 0. The Bertz CT molecular complexity index is 298. The van der Waals surface area contributed by atoms with Gasteiger partial charge in [-0.05, 0) is 57.3 Å². The monoisotopic (exact) mass is 250 g/mol. The van der Waals surface area contributed by atoms with Crippen LogP contribution >= 0.6 is 0 Å². The largest absolute Gasteiger partial charge is 0.319 e. The zero-order valence-corrected chi connectivity index (χ0v) is 13.0. The molecule has 2 heteroatoms. The smallest absolute Gasteiger partial charge is 0.0602 e. The van der Waals surface area contributed by atoms with Crippen molar-refractivity contribution in [1.29, 1.82) is 0 Å². The van der Waals surface area contributed by atoms with E-state index >= 15 is 0 Å². The second-order valence-corrected chi connectivity index (χ2v) is 5.06. The van der Waals surface area contributed by atoms with E-state index in [0.29, 0.717) is 11.8 Å². The van der Waals surface area contributed by atoms with E-state index < -0.39 is 0 Å². The number of rotatable bonds is 8. The maximum atomic E-state index is 4.61. The number of hydrogen-bond acceptors (Lipinski definition) is 2. The highest BCUT2D eigenvalue weighted by Crippen LogP contribution is 2.13. The van der Waals surface area contributed by atoms with Crippen molar-refractivity contribution in [2.24, 2.45) is 16.8 Å². The molecule has 0 saturated carbocycles. The van der Waals surface area contributed by atoms with Crippen LogP contribution in [-0.4, -0.2) is 25.8 Å². The molecule has 0 saturated heterocycles. The molecule has 0 aromatic heterocycles. The Labute approximate surface area is 113 Å². The van der Waals surface area contributed by atoms with Gasteiger partial charge in [-0.1, -0.05) is 32.9 Å². The highest BCUT2D eigenvalue weighted by Gasteiger charge is 2.07. The topological polar surface area (TPSA) is 24.4 Å². The maximum Gasteiger partial charge on any atom is 0.0602 e. The summed E-state index contributed by atoms with van der Waals surface area (Å²) in [4.78, 5) is 4.61. The average molecular weight is 250 g/mol. The molecule has 0 aromatic carbocycles. The molecule has 0 fully saturated rings. The molecule has 2 nitrogen and oxygen atoms in total. The molecule has 1 atom stereocenters. The van der Waals surface area contributed by atoms with Crippen molar-refractivity contribution in [2.75, 3.05) is 20.1 Å². The first kappa shape index (κ1) is 17.1. The lowest BCUT2D eigenvalue weighted by Gasteiger charge is -2.12. The SMILES string of the molecule is C/C=C(\C(/C=C\CC(C)CNC)=NCC)C(C)C. The summed E-state index contributed by atoms with van der Waals surface area (Å²) in [5.74, 6) is 1.20. The summed E-state index contributed by atoms with van der Waals surface area (Å²) in [6, 6.07) is 0. The van der Waals surface area contributed by atoms with E-state index in [9.17, 15) is 0 Å². The summed E-state index contributed by atoms with van der Waals surface area (Å²) < 4.78 is 0. The molecule has 104 valence electrons. The molecule has 0 radical (unpaired) electrons. The van der Waals surface area contributed by atoms with Gasteiger partial charge in [0, 0.05) is 6.54 Å². The van der Waals surface area contributed by atoms with Gasteiger partial charge in [0.05, 0.1) is 5.71 Å². The summed E-state index contributed by atoms with van der Waals surface area (Å²) in [6.07, 6.45) is 7.71. The van der Waals surface area contributed by atoms with Crippen LogP contribution in [0.15, 0.2) is 28.8 Å². The first-order chi connectivity index (χ1) is 8.56. The fourth-order valence-electron chi connectivity index (χ4n) is 2.03. The molecule has 0 bridgehead atoms. The lowest BCUT2D eigenvalue weighted by Crippen LogP contribution is -2.15. The fraction of sp³-hybridized carbons (Fsp3) is 0.688. The van der Waals surface area contributed by atoms with Gasteiger partial charge in [-0.2, -0.15) is 0 Å². The van der Waals surface area contributed by atoms with E-state index in [2.05, 4.69) is 63.2 Å². The molecule has 18 heavy (non-hydrogen) atoms. The second-order valence-electron chi connectivity index (χ2n) is 5.06. The van der Waals surface area contributed by atoms with Crippen molar-refractivity contribution in [3.05, 3.63) is 23.8 Å². The third kappa shape index (κ3) is 6.75. The van der Waals surface area contributed by atoms with Gasteiger partial charge in [0.2, 0.25) is 0 Å². The minimum atomic E-state index is 0.527. The highest BCUT2D eigenvalue weighted by atomic mass is 14.8. The van der Waals surface area contributed by atoms with E-state index in [4.69, 9.17) is 0 Å². The number of aliphatic imine (C=N–C) groups is 1. The van der Waals surface area contributed by atoms with E-state index in [0.717, 1.165) is 25.2 Å². The van der Waals surface area contributed by atoms with Crippen molar-refractivity contribution in [3.8, 4) is 0 Å². The van der Waals surface area contributed by atoms with Crippen LogP contribution in [0.4, 0.5) is 0 Å². The van der Waals surface area contributed by atoms with Gasteiger partial charge >= 0.3 is 0 Å². The third-order valence-electron chi connectivity index (χ3n) is 2.92. The van der Waals surface area contributed by atoms with E-state index in [-0.39, 0.29) is 0 Å². The molecule has 1 unspecified atom stereocenters. The van der Waals surface area contributed by atoms with Gasteiger partial charge < -0.3 is 5.32 Å². The molecular formula is C16H30N2. The van der Waals surface area contributed by atoms with Gasteiger partial charge in [0.25, 0.3) is 0 Å². The zero-order valence-electron chi connectivity index (χ0n) is 13.0. The molecule has 0 aromatic rings. The van der Waals surface area contributed by atoms with Crippen LogP contribution in [-0.2, 0) is 0 Å². The molecule has 0 aliphatic heterocycles. The van der Waals surface area contributed by atoms with Crippen molar-refractivity contribution in [2.45, 2.75) is 41.0 Å². The Kier molecular flexibility index (Phi) is 9.57. The normalized spacial score (nSPS) is 15.7. The first-order valence-electron chi connectivity index (χ1n) is 7.08.